The highest BCUT2D eigenvalue weighted by Crippen LogP contribution is 2.04. The Labute approximate surface area is 85.9 Å². The normalized spacial score (nSPS) is 14.7. The number of aliphatic carboxylic acids is 2. The molecule has 0 saturated heterocycles. The summed E-state index contributed by atoms with van der Waals surface area (Å²) < 4.78 is 0. The second kappa shape index (κ2) is 6.63. The Morgan fingerprint density at radius 3 is 2.29 bits per heavy atom. The first-order valence-corrected chi connectivity index (χ1v) is 5.10. The lowest BCUT2D eigenvalue weighted by Gasteiger charge is -2.11. The molecule has 0 aliphatic rings. The summed E-state index contributed by atoms with van der Waals surface area (Å²) in [7, 11) is 1.54. The zero-order valence-electron chi connectivity index (χ0n) is 7.77. The maximum absolute atomic E-state index is 10.5. The Morgan fingerprint density at radius 2 is 1.93 bits per heavy atom. The van der Waals surface area contributed by atoms with Gasteiger partial charge in [-0.05, 0) is 7.05 Å². The van der Waals surface area contributed by atoms with Gasteiger partial charge in [-0.15, -0.1) is 0 Å². The van der Waals surface area contributed by atoms with Crippen LogP contribution in [0.3, 0.4) is 0 Å². The van der Waals surface area contributed by atoms with Crippen molar-refractivity contribution >= 4 is 23.7 Å². The molecule has 0 spiro atoms. The molecule has 0 aromatic heterocycles. The lowest BCUT2D eigenvalue weighted by Crippen LogP contribution is -2.38. The number of carboxylic acids is 2. The maximum Gasteiger partial charge on any atom is 0.321 e. The van der Waals surface area contributed by atoms with E-state index in [-0.39, 0.29) is 5.75 Å². The first-order chi connectivity index (χ1) is 6.49. The minimum atomic E-state index is -1.08. The molecule has 0 unspecified atom stereocenters. The molecule has 0 aromatic rings. The molecule has 2 atom stereocenters. The van der Waals surface area contributed by atoms with Crippen LogP contribution in [0.5, 0.6) is 0 Å². The zero-order valence-corrected chi connectivity index (χ0v) is 8.58. The fraction of sp³-hybridized carbons (Fsp3) is 0.714. The van der Waals surface area contributed by atoms with Gasteiger partial charge in [-0.2, -0.15) is 11.8 Å². The number of hydrogen-bond acceptors (Lipinski definition) is 5. The van der Waals surface area contributed by atoms with E-state index >= 15 is 0 Å². The van der Waals surface area contributed by atoms with Crippen molar-refractivity contribution in [3.8, 4) is 0 Å². The lowest BCUT2D eigenvalue weighted by molar-refractivity contribution is -0.139. The van der Waals surface area contributed by atoms with Crippen LogP contribution in [0, 0.1) is 0 Å². The number of nitrogens with one attached hydrogen (secondary N) is 1. The summed E-state index contributed by atoms with van der Waals surface area (Å²) in [5, 5.41) is 19.7. The van der Waals surface area contributed by atoms with Gasteiger partial charge in [-0.3, -0.25) is 9.59 Å². The molecule has 0 saturated carbocycles. The van der Waals surface area contributed by atoms with Crippen LogP contribution in [0.4, 0.5) is 0 Å². The number of thioether (sulfide) groups is 1. The Morgan fingerprint density at radius 1 is 1.36 bits per heavy atom. The topological polar surface area (TPSA) is 113 Å². The Bertz CT molecular complexity index is 212. The summed E-state index contributed by atoms with van der Waals surface area (Å²) in [4.78, 5) is 20.8. The minimum Gasteiger partial charge on any atom is -0.480 e. The number of carboxylic acid groups (broad SMARTS) is 2. The van der Waals surface area contributed by atoms with E-state index in [4.69, 9.17) is 15.9 Å². The second-order valence-electron chi connectivity index (χ2n) is 2.66. The number of rotatable bonds is 7. The van der Waals surface area contributed by atoms with E-state index in [9.17, 15) is 9.59 Å². The third kappa shape index (κ3) is 5.05. The van der Waals surface area contributed by atoms with Crippen LogP contribution < -0.4 is 11.1 Å². The molecule has 0 aliphatic carbocycles. The first kappa shape index (κ1) is 13.2. The third-order valence-corrected chi connectivity index (χ3v) is 2.71. The molecular weight excluding hydrogens is 208 g/mol. The molecular formula is C7H14N2O4S. The van der Waals surface area contributed by atoms with E-state index in [0.717, 1.165) is 0 Å². The summed E-state index contributed by atoms with van der Waals surface area (Å²) in [5.74, 6) is -1.52. The molecule has 0 amide bonds. The number of likely N-dealkylation sites (N-methyl/N-ethyl adjacent to an activating group) is 1. The van der Waals surface area contributed by atoms with Crippen molar-refractivity contribution in [1.82, 2.24) is 5.32 Å². The van der Waals surface area contributed by atoms with Gasteiger partial charge in [-0.1, -0.05) is 0 Å². The molecule has 7 heteroatoms. The molecule has 0 aliphatic heterocycles. The molecule has 0 radical (unpaired) electrons. The van der Waals surface area contributed by atoms with Crippen LogP contribution in [0.1, 0.15) is 0 Å². The molecule has 0 bridgehead atoms. The standard InChI is InChI=1S/C7H14N2O4S/c1-9-5(7(12)13)3-14-2-4(8)6(10)11/h4-5,9H,2-3,8H2,1H3,(H,10,11)(H,12,13)/t4-,5+/m1/s1. The van der Waals surface area contributed by atoms with Crippen molar-refractivity contribution < 1.29 is 19.8 Å². The van der Waals surface area contributed by atoms with Crippen LogP contribution >= 0.6 is 11.8 Å². The average Bonchev–Trinajstić information content (AvgIpc) is 2.11. The van der Waals surface area contributed by atoms with E-state index in [1.165, 1.54) is 18.8 Å². The van der Waals surface area contributed by atoms with Crippen molar-refractivity contribution in [2.75, 3.05) is 18.6 Å². The summed E-state index contributed by atoms with van der Waals surface area (Å²) in [5.41, 5.74) is 5.23. The summed E-state index contributed by atoms with van der Waals surface area (Å²) in [6.45, 7) is 0. The summed E-state index contributed by atoms with van der Waals surface area (Å²) in [6.07, 6.45) is 0. The lowest BCUT2D eigenvalue weighted by atomic mass is 10.3. The Kier molecular flexibility index (Phi) is 6.26. The summed E-state index contributed by atoms with van der Waals surface area (Å²) in [6, 6.07) is -1.60. The third-order valence-electron chi connectivity index (χ3n) is 1.55. The molecule has 5 N–H and O–H groups in total. The Hall–Kier alpha value is -0.790. The van der Waals surface area contributed by atoms with Gasteiger partial charge in [0, 0.05) is 11.5 Å². The fourth-order valence-corrected chi connectivity index (χ4v) is 1.74. The minimum absolute atomic E-state index is 0.209. The van der Waals surface area contributed by atoms with E-state index in [1.54, 1.807) is 0 Å². The number of carbonyl (C=O) groups is 2. The molecule has 82 valence electrons. The summed E-state index contributed by atoms with van der Waals surface area (Å²) >= 11 is 1.20. The number of hydrogen-bond donors (Lipinski definition) is 4. The highest BCUT2D eigenvalue weighted by atomic mass is 32.2. The van der Waals surface area contributed by atoms with Crippen LogP contribution in [-0.2, 0) is 9.59 Å². The quantitative estimate of drug-likeness (QED) is 0.428. The first-order valence-electron chi connectivity index (χ1n) is 3.95. The van der Waals surface area contributed by atoms with E-state index < -0.39 is 24.0 Å². The van der Waals surface area contributed by atoms with Gasteiger partial charge in [-0.25, -0.2) is 0 Å². The molecule has 0 rings (SSSR count). The smallest absolute Gasteiger partial charge is 0.321 e. The van der Waals surface area contributed by atoms with Crippen molar-refractivity contribution in [2.45, 2.75) is 12.1 Å². The second-order valence-corrected chi connectivity index (χ2v) is 3.74. The highest BCUT2D eigenvalue weighted by molar-refractivity contribution is 7.99. The van der Waals surface area contributed by atoms with Gasteiger partial charge in [0.2, 0.25) is 0 Å². The van der Waals surface area contributed by atoms with Gasteiger partial charge in [0.15, 0.2) is 0 Å². The van der Waals surface area contributed by atoms with Crippen LogP contribution in [0.25, 0.3) is 0 Å². The number of nitrogens with two attached hydrogens (primary N) is 1. The van der Waals surface area contributed by atoms with Gasteiger partial charge >= 0.3 is 11.9 Å². The predicted molar refractivity (Wildman–Crippen MR) is 53.4 cm³/mol. The molecule has 14 heavy (non-hydrogen) atoms. The van der Waals surface area contributed by atoms with Gasteiger partial charge in [0.25, 0.3) is 0 Å². The zero-order chi connectivity index (χ0) is 11.1. The molecule has 0 aromatic carbocycles. The fourth-order valence-electron chi connectivity index (χ4n) is 0.662. The van der Waals surface area contributed by atoms with E-state index in [2.05, 4.69) is 5.32 Å². The predicted octanol–water partition coefficient (Wildman–Crippen LogP) is -1.20. The SMILES string of the molecule is CN[C@@H](CSC[C@@H](N)C(=O)O)C(=O)O. The maximum atomic E-state index is 10.5. The van der Waals surface area contributed by atoms with E-state index in [1.807, 2.05) is 0 Å². The molecule has 6 nitrogen and oxygen atoms in total. The van der Waals surface area contributed by atoms with Gasteiger partial charge < -0.3 is 21.3 Å². The largest absolute Gasteiger partial charge is 0.480 e. The van der Waals surface area contributed by atoms with E-state index in [0.29, 0.717) is 5.75 Å². The van der Waals surface area contributed by atoms with Crippen LogP contribution in [0.15, 0.2) is 0 Å². The van der Waals surface area contributed by atoms with Crippen molar-refractivity contribution in [2.24, 2.45) is 5.73 Å². The monoisotopic (exact) mass is 222 g/mol. The molecule has 0 heterocycles. The van der Waals surface area contributed by atoms with Gasteiger partial charge in [0.1, 0.15) is 12.1 Å². The van der Waals surface area contributed by atoms with Crippen LogP contribution in [-0.4, -0.2) is 52.8 Å². The van der Waals surface area contributed by atoms with Crippen LogP contribution in [0.2, 0.25) is 0 Å². The molecule has 0 fully saturated rings. The van der Waals surface area contributed by atoms with Crippen molar-refractivity contribution in [1.29, 1.82) is 0 Å². The van der Waals surface area contributed by atoms with Gasteiger partial charge in [0.05, 0.1) is 0 Å². The van der Waals surface area contributed by atoms with Crippen molar-refractivity contribution in [3.63, 3.8) is 0 Å². The average molecular weight is 222 g/mol. The highest BCUT2D eigenvalue weighted by Gasteiger charge is 2.17. The Balaban J connectivity index is 3.71. The van der Waals surface area contributed by atoms with Crippen molar-refractivity contribution in [3.05, 3.63) is 0 Å².